The number of nitrogens with zero attached hydrogens (tertiary/aromatic N) is 2. The van der Waals surface area contributed by atoms with Gasteiger partial charge in [0, 0.05) is 17.2 Å². The van der Waals surface area contributed by atoms with E-state index in [1.165, 1.54) is 12.1 Å². The lowest BCUT2D eigenvalue weighted by Crippen LogP contribution is -1.97. The number of nitro benzene ring substituents is 1. The Hall–Kier alpha value is -2.65. The molecule has 0 saturated heterocycles. The molecule has 29 heavy (non-hydrogen) atoms. The van der Waals surface area contributed by atoms with Gasteiger partial charge in [-0.3, -0.25) is 10.1 Å². The molecule has 0 bridgehead atoms. The Labute approximate surface area is 186 Å². The van der Waals surface area contributed by atoms with Gasteiger partial charge in [0.25, 0.3) is 5.69 Å². The average Bonchev–Trinajstić information content (AvgIpc) is 2.72. The molecule has 3 aromatic rings. The molecule has 0 aliphatic heterocycles. The molecule has 0 amide bonds. The van der Waals surface area contributed by atoms with Crippen LogP contribution in [0.5, 0.6) is 5.75 Å². The second-order valence-electron chi connectivity index (χ2n) is 6.04. The van der Waals surface area contributed by atoms with E-state index in [1.807, 2.05) is 42.5 Å². The molecule has 0 saturated carbocycles. The fourth-order valence-corrected chi connectivity index (χ4v) is 3.25. The normalized spacial score (nSPS) is 10.8. The summed E-state index contributed by atoms with van der Waals surface area (Å²) in [5.41, 5.74) is 2.59. The van der Waals surface area contributed by atoms with Crippen LogP contribution in [0.25, 0.3) is 0 Å². The highest BCUT2D eigenvalue weighted by atomic mass is 127. The van der Waals surface area contributed by atoms with E-state index >= 15 is 0 Å². The first-order chi connectivity index (χ1) is 14.0. The molecular weight excluding hydrogens is 507 g/mol. The van der Waals surface area contributed by atoms with Crippen molar-refractivity contribution in [1.29, 1.82) is 0 Å². The molecular formula is C21H16ClIN2O4. The number of nitro groups is 1. The highest BCUT2D eigenvalue weighted by molar-refractivity contribution is 14.1. The predicted octanol–water partition coefficient (Wildman–Crippen LogP) is 5.98. The predicted molar refractivity (Wildman–Crippen MR) is 120 cm³/mol. The first kappa shape index (κ1) is 21.1. The molecule has 148 valence electrons. The monoisotopic (exact) mass is 522 g/mol. The van der Waals surface area contributed by atoms with Gasteiger partial charge in [-0.2, -0.15) is 0 Å². The van der Waals surface area contributed by atoms with Crippen molar-refractivity contribution in [3.8, 4) is 5.75 Å². The standard InChI is InChI=1S/C21H16ClIN2O4/c22-18-7-4-15(5-8-18)13-28-21-9-6-16(11-20(21)23)12-24-29-14-17-2-1-3-19(10-17)25(26)27/h1-12H,13-14H2/b24-12-. The fourth-order valence-electron chi connectivity index (χ4n) is 2.43. The third kappa shape index (κ3) is 6.43. The van der Waals surface area contributed by atoms with Crippen molar-refractivity contribution in [2.24, 2.45) is 5.16 Å². The molecule has 3 aromatic carbocycles. The topological polar surface area (TPSA) is 74.0 Å². The average molecular weight is 523 g/mol. The van der Waals surface area contributed by atoms with Crippen molar-refractivity contribution in [2.75, 3.05) is 0 Å². The highest BCUT2D eigenvalue weighted by Gasteiger charge is 2.06. The second kappa shape index (κ2) is 10.2. The number of non-ortho nitro benzene ring substituents is 1. The van der Waals surface area contributed by atoms with Crippen molar-refractivity contribution in [3.63, 3.8) is 0 Å². The zero-order valence-electron chi connectivity index (χ0n) is 15.1. The molecule has 0 aliphatic rings. The third-order valence-corrected chi connectivity index (χ3v) is 4.99. The lowest BCUT2D eigenvalue weighted by molar-refractivity contribution is -0.384. The van der Waals surface area contributed by atoms with Crippen molar-refractivity contribution >= 4 is 46.1 Å². The zero-order chi connectivity index (χ0) is 20.6. The van der Waals surface area contributed by atoms with E-state index in [0.29, 0.717) is 17.2 Å². The van der Waals surface area contributed by atoms with Crippen LogP contribution < -0.4 is 4.74 Å². The van der Waals surface area contributed by atoms with Gasteiger partial charge in [0.2, 0.25) is 0 Å². The van der Waals surface area contributed by atoms with Crippen molar-refractivity contribution in [3.05, 3.63) is 102 Å². The largest absolute Gasteiger partial charge is 0.488 e. The quantitative estimate of drug-likeness (QED) is 0.158. The van der Waals surface area contributed by atoms with E-state index in [9.17, 15) is 10.1 Å². The van der Waals surface area contributed by atoms with Gasteiger partial charge >= 0.3 is 0 Å². The molecule has 0 spiro atoms. The Kier molecular flexibility index (Phi) is 7.42. The summed E-state index contributed by atoms with van der Waals surface area (Å²) in [6, 6.07) is 19.5. The van der Waals surface area contributed by atoms with E-state index in [-0.39, 0.29) is 12.3 Å². The third-order valence-electron chi connectivity index (χ3n) is 3.89. The molecule has 0 fully saturated rings. The number of benzene rings is 3. The Morgan fingerprint density at radius 3 is 2.55 bits per heavy atom. The van der Waals surface area contributed by atoms with Crippen LogP contribution in [0.15, 0.2) is 71.9 Å². The maximum absolute atomic E-state index is 10.8. The summed E-state index contributed by atoms with van der Waals surface area (Å²) in [6.07, 6.45) is 1.59. The summed E-state index contributed by atoms with van der Waals surface area (Å²) < 4.78 is 6.79. The van der Waals surface area contributed by atoms with E-state index in [1.54, 1.807) is 18.3 Å². The molecule has 6 nitrogen and oxygen atoms in total. The van der Waals surface area contributed by atoms with Gasteiger partial charge in [-0.15, -0.1) is 0 Å². The lowest BCUT2D eigenvalue weighted by Gasteiger charge is -2.09. The molecule has 0 radical (unpaired) electrons. The zero-order valence-corrected chi connectivity index (χ0v) is 18.0. The number of rotatable bonds is 8. The van der Waals surface area contributed by atoms with Crippen LogP contribution in [0, 0.1) is 13.7 Å². The van der Waals surface area contributed by atoms with Crippen molar-refractivity contribution in [1.82, 2.24) is 0 Å². The maximum atomic E-state index is 10.8. The van der Waals surface area contributed by atoms with E-state index in [4.69, 9.17) is 21.2 Å². The molecule has 8 heteroatoms. The Morgan fingerprint density at radius 1 is 1.03 bits per heavy atom. The van der Waals surface area contributed by atoms with Crippen molar-refractivity contribution < 1.29 is 14.5 Å². The Bertz CT molecular complexity index is 1030. The van der Waals surface area contributed by atoms with Crippen LogP contribution in [0.2, 0.25) is 5.02 Å². The molecule has 0 atom stereocenters. The minimum Gasteiger partial charge on any atom is -0.488 e. The number of halogens is 2. The van der Waals surface area contributed by atoms with Crippen LogP contribution >= 0.6 is 34.2 Å². The number of ether oxygens (including phenoxy) is 1. The van der Waals surface area contributed by atoms with Gasteiger partial charge in [-0.25, -0.2) is 0 Å². The summed E-state index contributed by atoms with van der Waals surface area (Å²) in [5, 5.41) is 15.4. The second-order valence-corrected chi connectivity index (χ2v) is 7.64. The summed E-state index contributed by atoms with van der Waals surface area (Å²) in [4.78, 5) is 15.6. The maximum Gasteiger partial charge on any atom is 0.269 e. The van der Waals surface area contributed by atoms with Crippen LogP contribution in [0.1, 0.15) is 16.7 Å². The number of hydrogen-bond acceptors (Lipinski definition) is 5. The van der Waals surface area contributed by atoms with Gasteiger partial charge < -0.3 is 9.57 Å². The summed E-state index contributed by atoms with van der Waals surface area (Å²) in [7, 11) is 0. The van der Waals surface area contributed by atoms with Crippen molar-refractivity contribution in [2.45, 2.75) is 13.2 Å². The molecule has 0 aliphatic carbocycles. The Morgan fingerprint density at radius 2 is 1.83 bits per heavy atom. The summed E-state index contributed by atoms with van der Waals surface area (Å²) in [6.45, 7) is 0.602. The minimum atomic E-state index is -0.439. The number of oxime groups is 1. The first-order valence-corrected chi connectivity index (χ1v) is 10.0. The van der Waals surface area contributed by atoms with Crippen LogP contribution in [0.4, 0.5) is 5.69 Å². The van der Waals surface area contributed by atoms with Gasteiger partial charge in [0.05, 0.1) is 14.7 Å². The van der Waals surface area contributed by atoms with Crippen LogP contribution in [-0.4, -0.2) is 11.1 Å². The molecule has 0 N–H and O–H groups in total. The van der Waals surface area contributed by atoms with Gasteiger partial charge in [-0.1, -0.05) is 41.0 Å². The van der Waals surface area contributed by atoms with Gasteiger partial charge in [-0.05, 0) is 69.6 Å². The summed E-state index contributed by atoms with van der Waals surface area (Å²) >= 11 is 8.09. The highest BCUT2D eigenvalue weighted by Crippen LogP contribution is 2.23. The first-order valence-electron chi connectivity index (χ1n) is 8.57. The lowest BCUT2D eigenvalue weighted by atomic mass is 10.2. The van der Waals surface area contributed by atoms with Crippen LogP contribution in [0.3, 0.4) is 0 Å². The van der Waals surface area contributed by atoms with Gasteiger partial charge in [0.1, 0.15) is 19.0 Å². The Balaban J connectivity index is 1.53. The molecule has 0 aromatic heterocycles. The van der Waals surface area contributed by atoms with Crippen LogP contribution in [-0.2, 0) is 18.1 Å². The summed E-state index contributed by atoms with van der Waals surface area (Å²) in [5.74, 6) is 0.773. The SMILES string of the molecule is O=[N+]([O-])c1cccc(CO/N=C\c2ccc(OCc3ccc(Cl)cc3)c(I)c2)c1. The van der Waals surface area contributed by atoms with E-state index in [2.05, 4.69) is 27.7 Å². The van der Waals surface area contributed by atoms with E-state index < -0.39 is 4.92 Å². The van der Waals surface area contributed by atoms with Gasteiger partial charge in [0.15, 0.2) is 0 Å². The number of hydrogen-bond donors (Lipinski definition) is 0. The molecule has 0 unspecified atom stereocenters. The fraction of sp³-hybridized carbons (Fsp3) is 0.0952. The molecule has 0 heterocycles. The minimum absolute atomic E-state index is 0.0267. The molecule has 3 rings (SSSR count). The smallest absolute Gasteiger partial charge is 0.269 e. The van der Waals surface area contributed by atoms with E-state index in [0.717, 1.165) is 20.4 Å².